The second kappa shape index (κ2) is 8.72. The van der Waals surface area contributed by atoms with Gasteiger partial charge in [-0.1, -0.05) is 31.9 Å². The van der Waals surface area contributed by atoms with Crippen LogP contribution in [0.3, 0.4) is 0 Å². The van der Waals surface area contributed by atoms with E-state index in [4.69, 9.17) is 0 Å². The van der Waals surface area contributed by atoms with E-state index in [2.05, 4.69) is 16.8 Å². The number of hydrogen-bond donors (Lipinski definition) is 0. The second-order valence-corrected chi connectivity index (χ2v) is 5.57. The average molecular weight is 325 g/mol. The molecule has 2 aromatic rings. The summed E-state index contributed by atoms with van der Waals surface area (Å²) in [6, 6.07) is 6.28. The first-order valence-corrected chi connectivity index (χ1v) is 7.86. The standard InChI is InChI=1S/C17H22F3N3/c1-2-3-4-10-22(12-14-5-7-15(18)8-6-14)13-16-21-9-11-23(16)17(19)20/h5-9,11,17H,2-4,10,12-13H2,1H3. The Morgan fingerprint density at radius 3 is 2.52 bits per heavy atom. The van der Waals surface area contributed by atoms with Crippen molar-refractivity contribution >= 4 is 0 Å². The number of hydrogen-bond acceptors (Lipinski definition) is 2. The minimum Gasteiger partial charge on any atom is -0.292 e. The van der Waals surface area contributed by atoms with Crippen LogP contribution in [0.2, 0.25) is 0 Å². The maximum Gasteiger partial charge on any atom is 0.319 e. The fraction of sp³-hybridized carbons (Fsp3) is 0.471. The van der Waals surface area contributed by atoms with Crippen LogP contribution in [-0.2, 0) is 13.1 Å². The Bertz CT molecular complexity index is 581. The molecule has 0 fully saturated rings. The van der Waals surface area contributed by atoms with Crippen LogP contribution in [0.4, 0.5) is 13.2 Å². The van der Waals surface area contributed by atoms with Gasteiger partial charge < -0.3 is 0 Å². The van der Waals surface area contributed by atoms with Crippen molar-refractivity contribution in [1.82, 2.24) is 14.5 Å². The van der Waals surface area contributed by atoms with Gasteiger partial charge in [-0.3, -0.25) is 9.47 Å². The maximum atomic E-state index is 13.0. The smallest absolute Gasteiger partial charge is 0.292 e. The first-order valence-electron chi connectivity index (χ1n) is 7.86. The molecular formula is C17H22F3N3. The molecule has 0 atom stereocenters. The van der Waals surface area contributed by atoms with Crippen LogP contribution >= 0.6 is 0 Å². The van der Waals surface area contributed by atoms with Gasteiger partial charge in [-0.15, -0.1) is 0 Å². The van der Waals surface area contributed by atoms with Crippen molar-refractivity contribution in [3.05, 3.63) is 53.9 Å². The summed E-state index contributed by atoms with van der Waals surface area (Å²) < 4.78 is 39.8. The molecule has 1 aromatic carbocycles. The molecule has 6 heteroatoms. The van der Waals surface area contributed by atoms with E-state index in [0.717, 1.165) is 35.9 Å². The molecule has 1 aromatic heterocycles. The average Bonchev–Trinajstić information content (AvgIpc) is 2.98. The lowest BCUT2D eigenvalue weighted by Crippen LogP contribution is -2.26. The zero-order valence-corrected chi connectivity index (χ0v) is 13.3. The molecule has 2 rings (SSSR count). The quantitative estimate of drug-likeness (QED) is 0.628. The summed E-state index contributed by atoms with van der Waals surface area (Å²) >= 11 is 0. The lowest BCUT2D eigenvalue weighted by atomic mass is 10.2. The molecular weight excluding hydrogens is 303 g/mol. The topological polar surface area (TPSA) is 21.1 Å². The van der Waals surface area contributed by atoms with Gasteiger partial charge in [0.2, 0.25) is 0 Å². The van der Waals surface area contributed by atoms with Crippen LogP contribution in [0.5, 0.6) is 0 Å². The fourth-order valence-corrected chi connectivity index (χ4v) is 2.49. The molecule has 0 saturated carbocycles. The van der Waals surface area contributed by atoms with Crippen LogP contribution < -0.4 is 0 Å². The van der Waals surface area contributed by atoms with E-state index in [0.29, 0.717) is 18.9 Å². The van der Waals surface area contributed by atoms with Crippen LogP contribution in [0.1, 0.15) is 44.1 Å². The molecule has 0 spiro atoms. The number of unbranched alkanes of at least 4 members (excludes halogenated alkanes) is 2. The third-order valence-electron chi connectivity index (χ3n) is 3.72. The Balaban J connectivity index is 2.06. The summed E-state index contributed by atoms with van der Waals surface area (Å²) in [5.41, 5.74) is 0.957. The highest BCUT2D eigenvalue weighted by Crippen LogP contribution is 2.16. The first-order chi connectivity index (χ1) is 11.1. The largest absolute Gasteiger partial charge is 0.319 e. The lowest BCUT2D eigenvalue weighted by Gasteiger charge is -2.22. The Kier molecular flexibility index (Phi) is 6.65. The van der Waals surface area contributed by atoms with Crippen molar-refractivity contribution in [3.8, 4) is 0 Å². The highest BCUT2D eigenvalue weighted by atomic mass is 19.3. The normalized spacial score (nSPS) is 11.6. The van der Waals surface area contributed by atoms with Crippen LogP contribution in [-0.4, -0.2) is 21.0 Å². The van der Waals surface area contributed by atoms with Gasteiger partial charge in [-0.25, -0.2) is 9.37 Å². The number of imidazole rings is 1. The van der Waals surface area contributed by atoms with Crippen molar-refractivity contribution in [2.45, 2.75) is 45.8 Å². The van der Waals surface area contributed by atoms with Crippen LogP contribution in [0.25, 0.3) is 0 Å². The van der Waals surface area contributed by atoms with E-state index < -0.39 is 6.55 Å². The predicted octanol–water partition coefficient (Wildman–Crippen LogP) is 4.61. The summed E-state index contributed by atoms with van der Waals surface area (Å²) in [7, 11) is 0. The maximum absolute atomic E-state index is 13.0. The molecule has 126 valence electrons. The number of aromatic nitrogens is 2. The Morgan fingerprint density at radius 2 is 1.87 bits per heavy atom. The molecule has 0 aliphatic heterocycles. The van der Waals surface area contributed by atoms with Crippen molar-refractivity contribution < 1.29 is 13.2 Å². The van der Waals surface area contributed by atoms with E-state index in [1.54, 1.807) is 12.1 Å². The first kappa shape index (κ1) is 17.5. The number of halogens is 3. The number of nitrogens with zero attached hydrogens (tertiary/aromatic N) is 3. The second-order valence-electron chi connectivity index (χ2n) is 5.57. The molecule has 0 N–H and O–H groups in total. The van der Waals surface area contributed by atoms with Gasteiger partial charge in [0, 0.05) is 18.9 Å². The summed E-state index contributed by atoms with van der Waals surface area (Å²) in [6.45, 7) is 1.25. The molecule has 0 radical (unpaired) electrons. The summed E-state index contributed by atoms with van der Waals surface area (Å²) in [5.74, 6) is 0.0677. The third kappa shape index (κ3) is 5.39. The van der Waals surface area contributed by atoms with E-state index in [9.17, 15) is 13.2 Å². The molecule has 3 nitrogen and oxygen atoms in total. The van der Waals surface area contributed by atoms with Gasteiger partial charge >= 0.3 is 6.55 Å². The summed E-state index contributed by atoms with van der Waals surface area (Å²) in [5, 5.41) is 0. The van der Waals surface area contributed by atoms with Gasteiger partial charge in [0.15, 0.2) is 0 Å². The Hall–Kier alpha value is -1.82. The monoisotopic (exact) mass is 325 g/mol. The Morgan fingerprint density at radius 1 is 1.13 bits per heavy atom. The highest BCUT2D eigenvalue weighted by Gasteiger charge is 2.15. The van der Waals surface area contributed by atoms with Gasteiger partial charge in [0.05, 0.1) is 6.54 Å². The molecule has 23 heavy (non-hydrogen) atoms. The lowest BCUT2D eigenvalue weighted by molar-refractivity contribution is 0.0635. The molecule has 0 saturated heterocycles. The minimum atomic E-state index is -2.59. The van der Waals surface area contributed by atoms with Crippen LogP contribution in [0.15, 0.2) is 36.7 Å². The van der Waals surface area contributed by atoms with Crippen molar-refractivity contribution in [1.29, 1.82) is 0 Å². The van der Waals surface area contributed by atoms with Gasteiger partial charge in [-0.2, -0.15) is 8.78 Å². The zero-order valence-electron chi connectivity index (χ0n) is 13.3. The van der Waals surface area contributed by atoms with E-state index in [1.165, 1.54) is 24.5 Å². The van der Waals surface area contributed by atoms with Crippen molar-refractivity contribution in [2.24, 2.45) is 0 Å². The number of rotatable bonds is 9. The number of benzene rings is 1. The SMILES string of the molecule is CCCCCN(Cc1ccc(F)cc1)Cc1nccn1C(F)F. The van der Waals surface area contributed by atoms with E-state index >= 15 is 0 Å². The minimum absolute atomic E-state index is 0.278. The third-order valence-corrected chi connectivity index (χ3v) is 3.72. The van der Waals surface area contributed by atoms with Gasteiger partial charge in [-0.05, 0) is 30.7 Å². The number of alkyl halides is 2. The van der Waals surface area contributed by atoms with Crippen molar-refractivity contribution in [2.75, 3.05) is 6.54 Å². The van der Waals surface area contributed by atoms with Gasteiger partial charge in [0.1, 0.15) is 11.6 Å². The summed E-state index contributed by atoms with van der Waals surface area (Å²) in [4.78, 5) is 6.12. The van der Waals surface area contributed by atoms with E-state index in [-0.39, 0.29) is 5.82 Å². The molecule has 0 amide bonds. The predicted molar refractivity (Wildman–Crippen MR) is 83.5 cm³/mol. The van der Waals surface area contributed by atoms with Crippen LogP contribution in [0, 0.1) is 5.82 Å². The van der Waals surface area contributed by atoms with Gasteiger partial charge in [0.25, 0.3) is 0 Å². The van der Waals surface area contributed by atoms with Crippen molar-refractivity contribution in [3.63, 3.8) is 0 Å². The highest BCUT2D eigenvalue weighted by molar-refractivity contribution is 5.16. The molecule has 1 heterocycles. The summed E-state index contributed by atoms with van der Waals surface area (Å²) in [6.07, 6.45) is 5.86. The zero-order chi connectivity index (χ0) is 16.7. The fourth-order valence-electron chi connectivity index (χ4n) is 2.49. The molecule has 0 unspecified atom stereocenters. The molecule has 0 aliphatic rings. The molecule has 0 bridgehead atoms. The Labute approximate surface area is 134 Å². The van der Waals surface area contributed by atoms with E-state index in [1.807, 2.05) is 0 Å². The molecule has 0 aliphatic carbocycles.